The number of allylic oxidation sites excluding steroid dienone is 1. The number of hydrogen-bond acceptors (Lipinski definition) is 3. The second-order valence-electron chi connectivity index (χ2n) is 1.27. The second kappa shape index (κ2) is 2.16. The van der Waals surface area contributed by atoms with Crippen LogP contribution in [0.3, 0.4) is 0 Å². The number of hydrogen-bond donors (Lipinski definition) is 1. The fourth-order valence-electron chi connectivity index (χ4n) is 0.350. The molecular weight excluding hydrogens is 104 g/mol. The van der Waals surface area contributed by atoms with Crippen LogP contribution < -0.4 is 5.73 Å². The average molecular weight is 110 g/mol. The molecular formula is C5H6N2O. The molecule has 0 amide bonds. The Hall–Kier alpha value is -1.25. The molecule has 1 heterocycles. The van der Waals surface area contributed by atoms with E-state index in [4.69, 9.17) is 10.5 Å². The zero-order valence-corrected chi connectivity index (χ0v) is 4.24. The maximum Gasteiger partial charge on any atom is 0.191 e. The van der Waals surface area contributed by atoms with Gasteiger partial charge in [-0.25, -0.2) is 0 Å². The van der Waals surface area contributed by atoms with Crippen LogP contribution in [0.1, 0.15) is 0 Å². The van der Waals surface area contributed by atoms with Gasteiger partial charge in [-0.05, 0) is 0 Å². The summed E-state index contributed by atoms with van der Waals surface area (Å²) in [5, 5.41) is 0. The molecule has 0 bridgehead atoms. The Labute approximate surface area is 47.2 Å². The molecule has 1 aliphatic rings. The zero-order valence-electron chi connectivity index (χ0n) is 4.24. The average Bonchev–Trinajstić information content (AvgIpc) is 1.94. The molecule has 0 aromatic heterocycles. The normalized spacial score (nSPS) is 16.8. The van der Waals surface area contributed by atoms with Crippen molar-refractivity contribution < 1.29 is 4.74 Å². The number of ether oxygens (including phenoxy) is 1. The summed E-state index contributed by atoms with van der Waals surface area (Å²) in [6.45, 7) is 0. The summed E-state index contributed by atoms with van der Waals surface area (Å²) in [5.74, 6) is 0.363. The van der Waals surface area contributed by atoms with E-state index in [1.165, 1.54) is 12.5 Å². The van der Waals surface area contributed by atoms with Crippen molar-refractivity contribution in [3.8, 4) is 0 Å². The molecule has 0 saturated heterocycles. The highest BCUT2D eigenvalue weighted by Crippen LogP contribution is 1.91. The SMILES string of the molecule is NC1=CC=NC=CO1. The topological polar surface area (TPSA) is 47.6 Å². The molecule has 0 unspecified atom stereocenters. The summed E-state index contributed by atoms with van der Waals surface area (Å²) in [6.07, 6.45) is 6.10. The summed E-state index contributed by atoms with van der Waals surface area (Å²) in [6, 6.07) is 0. The molecule has 8 heavy (non-hydrogen) atoms. The van der Waals surface area contributed by atoms with E-state index >= 15 is 0 Å². The van der Waals surface area contributed by atoms with E-state index in [0.717, 1.165) is 0 Å². The van der Waals surface area contributed by atoms with E-state index in [9.17, 15) is 0 Å². The quantitative estimate of drug-likeness (QED) is 0.489. The monoisotopic (exact) mass is 110 g/mol. The van der Waals surface area contributed by atoms with E-state index in [1.807, 2.05) is 0 Å². The van der Waals surface area contributed by atoms with Gasteiger partial charge in [-0.1, -0.05) is 0 Å². The third-order valence-corrected chi connectivity index (χ3v) is 0.676. The Kier molecular flexibility index (Phi) is 1.32. The predicted molar refractivity (Wildman–Crippen MR) is 31.0 cm³/mol. The Bertz CT molecular complexity index is 158. The van der Waals surface area contributed by atoms with Gasteiger partial charge in [0.1, 0.15) is 6.26 Å². The lowest BCUT2D eigenvalue weighted by atomic mass is 10.6. The van der Waals surface area contributed by atoms with Crippen LogP contribution in [0.5, 0.6) is 0 Å². The van der Waals surface area contributed by atoms with Crippen molar-refractivity contribution in [1.29, 1.82) is 0 Å². The minimum Gasteiger partial charge on any atom is -0.448 e. The second-order valence-corrected chi connectivity index (χ2v) is 1.27. The molecule has 3 nitrogen and oxygen atoms in total. The van der Waals surface area contributed by atoms with Gasteiger partial charge in [-0.3, -0.25) is 4.99 Å². The van der Waals surface area contributed by atoms with Gasteiger partial charge in [0.05, 0.1) is 6.20 Å². The van der Waals surface area contributed by atoms with Gasteiger partial charge in [0.25, 0.3) is 0 Å². The van der Waals surface area contributed by atoms with Gasteiger partial charge in [0.2, 0.25) is 0 Å². The highest BCUT2D eigenvalue weighted by molar-refractivity contribution is 5.72. The van der Waals surface area contributed by atoms with E-state index in [-0.39, 0.29) is 0 Å². The maximum absolute atomic E-state index is 5.23. The van der Waals surface area contributed by atoms with E-state index in [1.54, 1.807) is 12.3 Å². The Morgan fingerprint density at radius 2 is 2.50 bits per heavy atom. The summed E-state index contributed by atoms with van der Waals surface area (Å²) >= 11 is 0. The van der Waals surface area contributed by atoms with Crippen molar-refractivity contribution >= 4 is 6.21 Å². The predicted octanol–water partition coefficient (Wildman–Crippen LogP) is 0.359. The van der Waals surface area contributed by atoms with Gasteiger partial charge in [0, 0.05) is 12.3 Å². The van der Waals surface area contributed by atoms with Crippen molar-refractivity contribution in [3.63, 3.8) is 0 Å². The lowest BCUT2D eigenvalue weighted by Crippen LogP contribution is -1.96. The summed E-state index contributed by atoms with van der Waals surface area (Å²) < 4.78 is 4.74. The number of nitrogens with zero attached hydrogens (tertiary/aromatic N) is 1. The van der Waals surface area contributed by atoms with Crippen molar-refractivity contribution in [2.24, 2.45) is 10.7 Å². The van der Waals surface area contributed by atoms with Crippen molar-refractivity contribution in [2.75, 3.05) is 0 Å². The number of nitrogens with two attached hydrogens (primary N) is 1. The molecule has 0 atom stereocenters. The van der Waals surface area contributed by atoms with Gasteiger partial charge in [-0.15, -0.1) is 0 Å². The first kappa shape index (κ1) is 4.90. The maximum atomic E-state index is 5.23. The van der Waals surface area contributed by atoms with Gasteiger partial charge >= 0.3 is 0 Å². The first-order chi connectivity index (χ1) is 3.89. The fourth-order valence-corrected chi connectivity index (χ4v) is 0.350. The molecule has 3 heteroatoms. The first-order valence-electron chi connectivity index (χ1n) is 2.20. The molecule has 0 radical (unpaired) electrons. The smallest absolute Gasteiger partial charge is 0.191 e. The Balaban J connectivity index is 2.69. The molecule has 42 valence electrons. The van der Waals surface area contributed by atoms with Gasteiger partial charge in [-0.2, -0.15) is 0 Å². The van der Waals surface area contributed by atoms with Crippen LogP contribution >= 0.6 is 0 Å². The van der Waals surface area contributed by atoms with Crippen LogP contribution in [0.4, 0.5) is 0 Å². The van der Waals surface area contributed by atoms with E-state index < -0.39 is 0 Å². The van der Waals surface area contributed by atoms with E-state index in [2.05, 4.69) is 4.99 Å². The lowest BCUT2D eigenvalue weighted by Gasteiger charge is -1.91. The first-order valence-corrected chi connectivity index (χ1v) is 2.20. The van der Waals surface area contributed by atoms with Crippen LogP contribution in [-0.2, 0) is 4.74 Å². The summed E-state index contributed by atoms with van der Waals surface area (Å²) in [4.78, 5) is 3.73. The number of aliphatic imine (C=N–C) groups is 1. The van der Waals surface area contributed by atoms with E-state index in [0.29, 0.717) is 5.88 Å². The van der Waals surface area contributed by atoms with Crippen LogP contribution in [0, 0.1) is 0 Å². The number of rotatable bonds is 0. The third-order valence-electron chi connectivity index (χ3n) is 0.676. The Morgan fingerprint density at radius 1 is 1.62 bits per heavy atom. The molecule has 0 aliphatic carbocycles. The molecule has 0 fully saturated rings. The van der Waals surface area contributed by atoms with Crippen molar-refractivity contribution in [3.05, 3.63) is 24.4 Å². The summed E-state index contributed by atoms with van der Waals surface area (Å²) in [7, 11) is 0. The third kappa shape index (κ3) is 1.11. The lowest BCUT2D eigenvalue weighted by molar-refractivity contribution is 0.347. The molecule has 0 saturated carbocycles. The van der Waals surface area contributed by atoms with Crippen molar-refractivity contribution in [2.45, 2.75) is 0 Å². The highest BCUT2D eigenvalue weighted by Gasteiger charge is 1.84. The van der Waals surface area contributed by atoms with Crippen LogP contribution in [0.2, 0.25) is 0 Å². The Morgan fingerprint density at radius 3 is 3.38 bits per heavy atom. The largest absolute Gasteiger partial charge is 0.448 e. The fraction of sp³-hybridized carbons (Fsp3) is 0. The molecule has 1 aliphatic heterocycles. The van der Waals surface area contributed by atoms with Crippen molar-refractivity contribution in [1.82, 2.24) is 0 Å². The van der Waals surface area contributed by atoms with Crippen LogP contribution in [0.15, 0.2) is 29.4 Å². The minimum atomic E-state index is 0.363. The summed E-state index contributed by atoms with van der Waals surface area (Å²) in [5.41, 5.74) is 5.23. The highest BCUT2D eigenvalue weighted by atomic mass is 16.5. The van der Waals surface area contributed by atoms with Gasteiger partial charge in [0.15, 0.2) is 5.88 Å². The zero-order chi connectivity index (χ0) is 5.82. The molecule has 0 aromatic carbocycles. The molecule has 0 spiro atoms. The molecule has 0 aromatic rings. The standard InChI is InChI=1S/C5H6N2O/c6-5-1-2-7-3-4-8-5/h1-4H,6H2. The van der Waals surface area contributed by atoms with Gasteiger partial charge < -0.3 is 10.5 Å². The van der Waals surface area contributed by atoms with Crippen LogP contribution in [0.25, 0.3) is 0 Å². The molecule has 1 rings (SSSR count). The minimum absolute atomic E-state index is 0.363. The molecule has 2 N–H and O–H groups in total. The van der Waals surface area contributed by atoms with Crippen LogP contribution in [-0.4, -0.2) is 6.21 Å².